The van der Waals surface area contributed by atoms with E-state index in [9.17, 15) is 4.39 Å². The lowest BCUT2D eigenvalue weighted by Gasteiger charge is -2.40. The number of H-pyrrole nitrogens is 1. The third-order valence-corrected chi connectivity index (χ3v) is 6.86. The summed E-state index contributed by atoms with van der Waals surface area (Å²) in [5.41, 5.74) is 5.59. The molecule has 5 aromatic rings. The van der Waals surface area contributed by atoms with Crippen molar-refractivity contribution in [3.05, 3.63) is 77.4 Å². The molecule has 5 rings (SSSR count). The van der Waals surface area contributed by atoms with Crippen LogP contribution in [0.3, 0.4) is 0 Å². The van der Waals surface area contributed by atoms with Crippen molar-refractivity contribution in [2.75, 3.05) is 18.6 Å². The number of anilines is 1. The highest BCUT2D eigenvalue weighted by atomic mass is 19.1. The van der Waals surface area contributed by atoms with Crippen LogP contribution in [0.4, 0.5) is 10.1 Å². The van der Waals surface area contributed by atoms with Crippen LogP contribution in [0.1, 0.15) is 43.5 Å². The molecule has 0 amide bonds. The van der Waals surface area contributed by atoms with Gasteiger partial charge in [-0.05, 0) is 63.6 Å². The summed E-state index contributed by atoms with van der Waals surface area (Å²) in [6.45, 7) is 8.49. The molecule has 0 atom stereocenters. The molecule has 0 unspecified atom stereocenters. The zero-order valence-electron chi connectivity index (χ0n) is 23.4. The fourth-order valence-corrected chi connectivity index (χ4v) is 4.83. The smallest absolute Gasteiger partial charge is 0.222 e. The summed E-state index contributed by atoms with van der Waals surface area (Å²) in [6.07, 6.45) is 2.19. The first kappa shape index (κ1) is 27.1. The van der Waals surface area contributed by atoms with E-state index in [-0.39, 0.29) is 5.69 Å². The van der Waals surface area contributed by atoms with Gasteiger partial charge in [-0.15, -0.1) is 0 Å². The SMILES string of the molecule is CCOc1ncccc1-c1cc(N(Cc2ccc(OC)cc2)C(C)(C)Cc2cc(CF)no2)c2n[nH]c(C)c2n1. The Morgan fingerprint density at radius 3 is 2.60 bits per heavy atom. The Morgan fingerprint density at radius 2 is 1.90 bits per heavy atom. The van der Waals surface area contributed by atoms with Crippen molar-refractivity contribution >= 4 is 16.7 Å². The van der Waals surface area contributed by atoms with E-state index < -0.39 is 12.2 Å². The van der Waals surface area contributed by atoms with Gasteiger partial charge in [0, 0.05) is 30.8 Å². The van der Waals surface area contributed by atoms with Crippen molar-refractivity contribution < 1.29 is 18.4 Å². The first-order valence-electron chi connectivity index (χ1n) is 13.2. The fraction of sp³-hybridized carbons (Fsp3) is 0.333. The number of fused-ring (bicyclic) bond motifs is 1. The number of hydrogen-bond acceptors (Lipinski definition) is 8. The second-order valence-corrected chi connectivity index (χ2v) is 10.2. The van der Waals surface area contributed by atoms with Gasteiger partial charge in [0.25, 0.3) is 0 Å². The molecule has 0 spiro atoms. The lowest BCUT2D eigenvalue weighted by molar-refractivity contribution is 0.328. The van der Waals surface area contributed by atoms with Crippen LogP contribution in [0.5, 0.6) is 11.6 Å². The van der Waals surface area contributed by atoms with E-state index >= 15 is 0 Å². The molecule has 40 heavy (non-hydrogen) atoms. The number of pyridine rings is 2. The fourth-order valence-electron chi connectivity index (χ4n) is 4.83. The number of rotatable bonds is 11. The molecule has 0 aliphatic heterocycles. The number of alkyl halides is 1. The number of ether oxygens (including phenoxy) is 2. The standard InChI is InChI=1S/C30H33FN6O3/c1-6-39-29-24(8-7-13-32-29)25-15-26(28-27(33-25)19(2)34-35-28)37(18-20-9-11-22(38-5)12-10-20)30(3,4)16-23-14-21(17-31)36-40-23/h7-15H,6,16-18H2,1-5H3,(H,34,35). The number of aryl methyl sites for hydroxylation is 1. The monoisotopic (exact) mass is 544 g/mol. The summed E-state index contributed by atoms with van der Waals surface area (Å²) in [5, 5.41) is 11.6. The van der Waals surface area contributed by atoms with Gasteiger partial charge in [-0.25, -0.2) is 14.4 Å². The molecule has 10 heteroatoms. The van der Waals surface area contributed by atoms with E-state index in [1.165, 1.54) is 0 Å². The molecule has 0 saturated carbocycles. The number of methoxy groups -OCH3 is 1. The maximum Gasteiger partial charge on any atom is 0.222 e. The molecule has 0 aliphatic carbocycles. The highest BCUT2D eigenvalue weighted by molar-refractivity contribution is 5.93. The predicted octanol–water partition coefficient (Wildman–Crippen LogP) is 6.22. The average Bonchev–Trinajstić information content (AvgIpc) is 3.57. The zero-order chi connectivity index (χ0) is 28.3. The molecule has 0 saturated heterocycles. The van der Waals surface area contributed by atoms with Gasteiger partial charge in [-0.3, -0.25) is 5.10 Å². The van der Waals surface area contributed by atoms with E-state index in [4.69, 9.17) is 19.0 Å². The van der Waals surface area contributed by atoms with Crippen molar-refractivity contribution in [2.45, 2.75) is 52.9 Å². The Bertz CT molecular complexity index is 1600. The largest absolute Gasteiger partial charge is 0.497 e. The molecule has 0 radical (unpaired) electrons. The van der Waals surface area contributed by atoms with Crippen molar-refractivity contribution in [1.82, 2.24) is 25.3 Å². The molecule has 0 bridgehead atoms. The minimum Gasteiger partial charge on any atom is -0.497 e. The highest BCUT2D eigenvalue weighted by Crippen LogP contribution is 2.38. The molecule has 0 fully saturated rings. The van der Waals surface area contributed by atoms with Gasteiger partial charge in [0.1, 0.15) is 34.9 Å². The molecule has 208 valence electrons. The van der Waals surface area contributed by atoms with Crippen LogP contribution in [0.2, 0.25) is 0 Å². The van der Waals surface area contributed by atoms with Crippen molar-refractivity contribution in [2.24, 2.45) is 0 Å². The van der Waals surface area contributed by atoms with E-state index in [1.54, 1.807) is 19.4 Å². The summed E-state index contributed by atoms with van der Waals surface area (Å²) >= 11 is 0. The van der Waals surface area contributed by atoms with Crippen LogP contribution in [0.15, 0.2) is 59.3 Å². The minimum atomic E-state index is -0.673. The third kappa shape index (κ3) is 5.47. The lowest BCUT2D eigenvalue weighted by atomic mass is 9.94. The topological polar surface area (TPSA) is 102 Å². The van der Waals surface area contributed by atoms with E-state index in [0.717, 1.165) is 45.0 Å². The van der Waals surface area contributed by atoms with Crippen LogP contribution < -0.4 is 14.4 Å². The zero-order valence-corrected chi connectivity index (χ0v) is 23.4. The number of benzene rings is 1. The summed E-state index contributed by atoms with van der Waals surface area (Å²) in [6, 6.07) is 15.5. The number of aromatic nitrogens is 5. The van der Waals surface area contributed by atoms with Crippen LogP contribution >= 0.6 is 0 Å². The molecular weight excluding hydrogens is 511 g/mol. The Labute approximate surface area is 232 Å². The number of aromatic amines is 1. The van der Waals surface area contributed by atoms with Crippen LogP contribution in [0, 0.1) is 6.92 Å². The maximum atomic E-state index is 13.2. The maximum absolute atomic E-state index is 13.2. The lowest BCUT2D eigenvalue weighted by Crippen LogP contribution is -2.45. The van der Waals surface area contributed by atoms with Gasteiger partial charge in [0.05, 0.1) is 36.4 Å². The Kier molecular flexibility index (Phi) is 7.68. The number of nitrogens with one attached hydrogen (secondary N) is 1. The number of nitrogens with zero attached hydrogens (tertiary/aromatic N) is 5. The molecule has 1 N–H and O–H groups in total. The first-order valence-corrected chi connectivity index (χ1v) is 13.2. The van der Waals surface area contributed by atoms with Gasteiger partial charge in [0.2, 0.25) is 5.88 Å². The van der Waals surface area contributed by atoms with E-state index in [0.29, 0.717) is 31.2 Å². The Hall–Kier alpha value is -4.47. The molecule has 1 aromatic carbocycles. The van der Waals surface area contributed by atoms with Crippen LogP contribution in [-0.2, 0) is 19.6 Å². The summed E-state index contributed by atoms with van der Waals surface area (Å²) in [4.78, 5) is 11.7. The predicted molar refractivity (Wildman–Crippen MR) is 151 cm³/mol. The third-order valence-electron chi connectivity index (χ3n) is 6.86. The van der Waals surface area contributed by atoms with Gasteiger partial charge < -0.3 is 18.9 Å². The van der Waals surface area contributed by atoms with Crippen molar-refractivity contribution in [3.8, 4) is 22.9 Å². The second-order valence-electron chi connectivity index (χ2n) is 10.2. The van der Waals surface area contributed by atoms with Gasteiger partial charge in [0.15, 0.2) is 0 Å². The normalized spacial score (nSPS) is 11.7. The molecule has 0 aliphatic rings. The molecule has 4 aromatic heterocycles. The van der Waals surface area contributed by atoms with E-state index in [2.05, 4.69) is 39.1 Å². The molecule has 4 heterocycles. The molecule has 9 nitrogen and oxygen atoms in total. The van der Waals surface area contributed by atoms with E-state index in [1.807, 2.05) is 56.3 Å². The average molecular weight is 545 g/mol. The summed E-state index contributed by atoms with van der Waals surface area (Å²) < 4.78 is 29.9. The minimum absolute atomic E-state index is 0.282. The number of hydrogen-bond donors (Lipinski definition) is 1. The summed E-state index contributed by atoms with van der Waals surface area (Å²) in [5.74, 6) is 1.91. The summed E-state index contributed by atoms with van der Waals surface area (Å²) in [7, 11) is 1.65. The Morgan fingerprint density at radius 1 is 1.10 bits per heavy atom. The highest BCUT2D eigenvalue weighted by Gasteiger charge is 2.32. The quantitative estimate of drug-likeness (QED) is 0.209. The van der Waals surface area contributed by atoms with Crippen molar-refractivity contribution in [3.63, 3.8) is 0 Å². The van der Waals surface area contributed by atoms with Gasteiger partial charge in [-0.1, -0.05) is 17.3 Å². The molecular formula is C30H33FN6O3. The van der Waals surface area contributed by atoms with Crippen molar-refractivity contribution in [1.29, 1.82) is 0 Å². The first-order chi connectivity index (χ1) is 19.3. The van der Waals surface area contributed by atoms with Gasteiger partial charge in [-0.2, -0.15) is 5.10 Å². The Balaban J connectivity index is 1.67. The van der Waals surface area contributed by atoms with Crippen LogP contribution in [0.25, 0.3) is 22.3 Å². The number of halogens is 1. The second kappa shape index (κ2) is 11.3. The van der Waals surface area contributed by atoms with Crippen LogP contribution in [-0.4, -0.2) is 44.6 Å². The van der Waals surface area contributed by atoms with Gasteiger partial charge >= 0.3 is 0 Å².